The van der Waals surface area contributed by atoms with Crippen molar-refractivity contribution < 1.29 is 4.42 Å². The molecule has 0 aliphatic heterocycles. The van der Waals surface area contributed by atoms with Crippen molar-refractivity contribution >= 4 is 11.0 Å². The Morgan fingerprint density at radius 2 is 1.95 bits per heavy atom. The number of benzene rings is 1. The molecule has 0 fully saturated rings. The average Bonchev–Trinajstić information content (AvgIpc) is 2.82. The largest absolute Gasteiger partial charge is 0.459 e. The Labute approximate surface area is 115 Å². The van der Waals surface area contributed by atoms with Gasteiger partial charge in [0.2, 0.25) is 0 Å². The fourth-order valence-corrected chi connectivity index (χ4v) is 2.24. The molecule has 19 heavy (non-hydrogen) atoms. The molecule has 3 heteroatoms. The molecule has 0 amide bonds. The summed E-state index contributed by atoms with van der Waals surface area (Å²) in [7, 11) is 0. The van der Waals surface area contributed by atoms with Gasteiger partial charge in [-0.1, -0.05) is 32.0 Å². The van der Waals surface area contributed by atoms with E-state index in [2.05, 4.69) is 38.2 Å². The highest BCUT2D eigenvalue weighted by molar-refractivity contribution is 5.77. The number of nitrogens with two attached hydrogens (primary N) is 1. The molecule has 0 saturated carbocycles. The summed E-state index contributed by atoms with van der Waals surface area (Å²) < 4.78 is 5.86. The topological polar surface area (TPSA) is 51.2 Å². The van der Waals surface area contributed by atoms with Crippen molar-refractivity contribution in [3.63, 3.8) is 0 Å². The number of para-hydroxylation sites is 1. The predicted octanol–water partition coefficient (Wildman–Crippen LogP) is 3.31. The third-order valence-corrected chi connectivity index (χ3v) is 3.80. The van der Waals surface area contributed by atoms with E-state index in [1.807, 2.05) is 18.2 Å². The number of hydrogen-bond donors (Lipinski definition) is 2. The molecule has 1 aromatic heterocycles. The molecule has 104 valence electrons. The highest BCUT2D eigenvalue weighted by Gasteiger charge is 2.15. The van der Waals surface area contributed by atoms with Gasteiger partial charge in [0.15, 0.2) is 0 Å². The lowest BCUT2D eigenvalue weighted by molar-refractivity contribution is 0.342. The van der Waals surface area contributed by atoms with E-state index in [1.165, 1.54) is 0 Å². The Morgan fingerprint density at radius 3 is 2.58 bits per heavy atom. The number of rotatable bonds is 6. The summed E-state index contributed by atoms with van der Waals surface area (Å²) in [6, 6.07) is 10.4. The first-order valence-corrected chi connectivity index (χ1v) is 7.03. The minimum Gasteiger partial charge on any atom is -0.459 e. The monoisotopic (exact) mass is 260 g/mol. The summed E-state index contributed by atoms with van der Waals surface area (Å²) in [4.78, 5) is 0. The predicted molar refractivity (Wildman–Crippen MR) is 80.0 cm³/mol. The first-order valence-electron chi connectivity index (χ1n) is 7.03. The lowest BCUT2D eigenvalue weighted by Crippen LogP contribution is -2.33. The Bertz CT molecular complexity index is 485. The highest BCUT2D eigenvalue weighted by Crippen LogP contribution is 2.23. The first-order chi connectivity index (χ1) is 9.11. The van der Waals surface area contributed by atoms with Crippen molar-refractivity contribution in [3.05, 3.63) is 36.1 Å². The van der Waals surface area contributed by atoms with E-state index in [-0.39, 0.29) is 6.04 Å². The fraction of sp³-hybridized carbons (Fsp3) is 0.500. The van der Waals surface area contributed by atoms with Gasteiger partial charge in [-0.15, -0.1) is 0 Å². The lowest BCUT2D eigenvalue weighted by atomic mass is 9.96. The Balaban J connectivity index is 2.01. The van der Waals surface area contributed by atoms with Crippen molar-refractivity contribution in [2.24, 2.45) is 17.6 Å². The molecule has 2 aromatic rings. The Hall–Kier alpha value is -1.32. The zero-order valence-corrected chi connectivity index (χ0v) is 12.0. The van der Waals surface area contributed by atoms with Crippen LogP contribution in [0, 0.1) is 11.8 Å². The third kappa shape index (κ3) is 3.37. The number of hydrogen-bond acceptors (Lipinski definition) is 3. The van der Waals surface area contributed by atoms with Crippen molar-refractivity contribution in [2.45, 2.75) is 26.8 Å². The van der Waals surface area contributed by atoms with Gasteiger partial charge in [0.1, 0.15) is 11.3 Å². The van der Waals surface area contributed by atoms with Crippen LogP contribution in [0.5, 0.6) is 0 Å². The first kappa shape index (κ1) is 14.1. The maximum atomic E-state index is 5.86. The van der Waals surface area contributed by atoms with Crippen LogP contribution < -0.4 is 11.1 Å². The van der Waals surface area contributed by atoms with E-state index in [0.29, 0.717) is 11.8 Å². The second-order valence-corrected chi connectivity index (χ2v) is 5.56. The minimum atomic E-state index is 0.209. The number of nitrogens with one attached hydrogen (secondary N) is 1. The highest BCUT2D eigenvalue weighted by atomic mass is 16.3. The molecule has 0 spiro atoms. The van der Waals surface area contributed by atoms with Gasteiger partial charge in [-0.25, -0.2) is 0 Å². The van der Waals surface area contributed by atoms with Crippen LogP contribution in [-0.4, -0.2) is 13.1 Å². The summed E-state index contributed by atoms with van der Waals surface area (Å²) in [6.45, 7) is 8.20. The molecule has 0 radical (unpaired) electrons. The molecule has 0 bridgehead atoms. The number of fused-ring (bicyclic) bond motifs is 1. The quantitative estimate of drug-likeness (QED) is 0.837. The van der Waals surface area contributed by atoms with E-state index in [1.54, 1.807) is 0 Å². The van der Waals surface area contributed by atoms with E-state index in [0.717, 1.165) is 29.8 Å². The van der Waals surface area contributed by atoms with Crippen LogP contribution in [0.3, 0.4) is 0 Å². The normalized spacial score (nSPS) is 15.0. The fourth-order valence-electron chi connectivity index (χ4n) is 2.24. The van der Waals surface area contributed by atoms with Gasteiger partial charge >= 0.3 is 0 Å². The summed E-state index contributed by atoms with van der Waals surface area (Å²) in [5.74, 6) is 2.09. The second kappa shape index (κ2) is 6.22. The van der Waals surface area contributed by atoms with E-state index in [4.69, 9.17) is 10.2 Å². The van der Waals surface area contributed by atoms with Crippen LogP contribution in [0.4, 0.5) is 0 Å². The van der Waals surface area contributed by atoms with Gasteiger partial charge in [0.05, 0.1) is 6.04 Å². The summed E-state index contributed by atoms with van der Waals surface area (Å²) in [5.41, 5.74) is 6.75. The van der Waals surface area contributed by atoms with Crippen molar-refractivity contribution in [3.8, 4) is 0 Å². The lowest BCUT2D eigenvalue weighted by Gasteiger charge is -2.21. The van der Waals surface area contributed by atoms with Gasteiger partial charge < -0.3 is 15.5 Å². The van der Waals surface area contributed by atoms with Gasteiger partial charge in [0, 0.05) is 11.9 Å². The summed E-state index contributed by atoms with van der Waals surface area (Å²) in [5, 5.41) is 4.68. The molecule has 2 unspecified atom stereocenters. The van der Waals surface area contributed by atoms with Crippen molar-refractivity contribution in [2.75, 3.05) is 13.1 Å². The van der Waals surface area contributed by atoms with Crippen LogP contribution in [0.15, 0.2) is 34.7 Å². The average molecular weight is 260 g/mol. The summed E-state index contributed by atoms with van der Waals surface area (Å²) in [6.07, 6.45) is 0. The van der Waals surface area contributed by atoms with Crippen molar-refractivity contribution in [1.29, 1.82) is 0 Å². The van der Waals surface area contributed by atoms with Crippen LogP contribution >= 0.6 is 0 Å². The van der Waals surface area contributed by atoms with Crippen LogP contribution in [0.2, 0.25) is 0 Å². The van der Waals surface area contributed by atoms with E-state index < -0.39 is 0 Å². The number of furan rings is 1. The molecule has 3 nitrogen and oxygen atoms in total. The summed E-state index contributed by atoms with van der Waals surface area (Å²) >= 11 is 0. The van der Waals surface area contributed by atoms with Crippen LogP contribution in [0.1, 0.15) is 32.6 Å². The molecule has 2 atom stereocenters. The third-order valence-electron chi connectivity index (χ3n) is 3.80. The maximum Gasteiger partial charge on any atom is 0.134 e. The van der Waals surface area contributed by atoms with Gasteiger partial charge in [-0.2, -0.15) is 0 Å². The van der Waals surface area contributed by atoms with Crippen LogP contribution in [0.25, 0.3) is 11.0 Å². The molecule has 0 aliphatic rings. The molecule has 0 aliphatic carbocycles. The second-order valence-electron chi connectivity index (χ2n) is 5.56. The molecule has 1 heterocycles. The van der Waals surface area contributed by atoms with Crippen LogP contribution in [-0.2, 0) is 0 Å². The Morgan fingerprint density at radius 1 is 1.21 bits per heavy atom. The van der Waals surface area contributed by atoms with Crippen molar-refractivity contribution in [1.82, 2.24) is 5.32 Å². The maximum absolute atomic E-state index is 5.86. The zero-order chi connectivity index (χ0) is 13.8. The minimum absolute atomic E-state index is 0.209. The van der Waals surface area contributed by atoms with Gasteiger partial charge in [-0.05, 0) is 37.4 Å². The standard InChI is InChI=1S/C16H24N2O/c1-11(2)14(9-17)10-18-12(3)16-8-13-6-4-5-7-15(13)19-16/h4-8,11-12,14,18H,9-10,17H2,1-3H3. The molecule has 1 aromatic carbocycles. The van der Waals surface area contributed by atoms with Gasteiger partial charge in [-0.3, -0.25) is 0 Å². The Kier molecular flexibility index (Phi) is 4.61. The van der Waals surface area contributed by atoms with Gasteiger partial charge in [0.25, 0.3) is 0 Å². The smallest absolute Gasteiger partial charge is 0.134 e. The van der Waals surface area contributed by atoms with E-state index >= 15 is 0 Å². The molecule has 3 N–H and O–H groups in total. The molecule has 0 saturated heterocycles. The van der Waals surface area contributed by atoms with E-state index in [9.17, 15) is 0 Å². The molecular formula is C16H24N2O. The molecule has 2 rings (SSSR count). The molecular weight excluding hydrogens is 236 g/mol. The zero-order valence-electron chi connectivity index (χ0n) is 12.0. The SMILES string of the molecule is CC(NCC(CN)C(C)C)c1cc2ccccc2o1.